The molecule has 0 aromatic carbocycles. The van der Waals surface area contributed by atoms with Crippen molar-refractivity contribution in [2.45, 2.75) is 25.7 Å². The first-order valence-corrected chi connectivity index (χ1v) is 6.09. The van der Waals surface area contributed by atoms with E-state index in [1.807, 2.05) is 14.1 Å². The monoisotopic (exact) mass is 210 g/mol. The van der Waals surface area contributed by atoms with Crippen molar-refractivity contribution in [1.82, 2.24) is 10.2 Å². The van der Waals surface area contributed by atoms with Crippen LogP contribution in [-0.2, 0) is 4.79 Å². The Bertz CT molecular complexity index is 220. The first kappa shape index (κ1) is 10.9. The zero-order valence-corrected chi connectivity index (χ0v) is 9.83. The van der Waals surface area contributed by atoms with Crippen molar-refractivity contribution in [3.05, 3.63) is 0 Å². The molecule has 1 N–H and O–H groups in total. The van der Waals surface area contributed by atoms with Crippen LogP contribution < -0.4 is 5.32 Å². The fourth-order valence-corrected chi connectivity index (χ4v) is 2.27. The van der Waals surface area contributed by atoms with E-state index in [4.69, 9.17) is 0 Å². The van der Waals surface area contributed by atoms with Crippen LogP contribution in [0.25, 0.3) is 0 Å². The molecule has 15 heavy (non-hydrogen) atoms. The first-order chi connectivity index (χ1) is 7.18. The summed E-state index contributed by atoms with van der Waals surface area (Å²) in [4.78, 5) is 13.0. The summed E-state index contributed by atoms with van der Waals surface area (Å²) < 4.78 is 0. The van der Waals surface area contributed by atoms with E-state index in [-0.39, 0.29) is 5.91 Å². The lowest BCUT2D eigenvalue weighted by Gasteiger charge is -2.17. The number of amides is 1. The Morgan fingerprint density at radius 3 is 2.20 bits per heavy atom. The lowest BCUT2D eigenvalue weighted by atomic mass is 9.98. The Labute approximate surface area is 92.2 Å². The summed E-state index contributed by atoms with van der Waals surface area (Å²) in [5.41, 5.74) is 0. The van der Waals surface area contributed by atoms with Gasteiger partial charge in [0.15, 0.2) is 0 Å². The largest absolute Gasteiger partial charge is 0.348 e. The Kier molecular flexibility index (Phi) is 3.29. The summed E-state index contributed by atoms with van der Waals surface area (Å²) in [6.07, 6.45) is 5.68. The normalized spacial score (nSPS) is 20.7. The fourth-order valence-electron chi connectivity index (χ4n) is 2.27. The van der Waals surface area contributed by atoms with Gasteiger partial charge in [0.25, 0.3) is 0 Å². The maximum Gasteiger partial charge on any atom is 0.236 e. The van der Waals surface area contributed by atoms with E-state index in [1.54, 1.807) is 4.90 Å². The van der Waals surface area contributed by atoms with E-state index < -0.39 is 0 Å². The summed E-state index contributed by atoms with van der Waals surface area (Å²) in [6.45, 7) is 1.55. The van der Waals surface area contributed by atoms with Crippen LogP contribution in [0.15, 0.2) is 0 Å². The van der Waals surface area contributed by atoms with Gasteiger partial charge in [-0.2, -0.15) is 0 Å². The molecule has 0 aromatic heterocycles. The van der Waals surface area contributed by atoms with E-state index >= 15 is 0 Å². The van der Waals surface area contributed by atoms with E-state index in [2.05, 4.69) is 5.32 Å². The van der Waals surface area contributed by atoms with Gasteiger partial charge in [-0.15, -0.1) is 0 Å². The summed E-state index contributed by atoms with van der Waals surface area (Å²) in [7, 11) is 3.62. The van der Waals surface area contributed by atoms with Crippen molar-refractivity contribution in [2.24, 2.45) is 17.8 Å². The third kappa shape index (κ3) is 3.20. The SMILES string of the molecule is CN(C)C(=O)CNCC(C1CC1)C1CC1. The molecule has 3 nitrogen and oxygen atoms in total. The van der Waals surface area contributed by atoms with E-state index in [9.17, 15) is 4.79 Å². The molecule has 0 saturated heterocycles. The fraction of sp³-hybridized carbons (Fsp3) is 0.917. The van der Waals surface area contributed by atoms with Gasteiger partial charge in [-0.3, -0.25) is 4.79 Å². The van der Waals surface area contributed by atoms with Gasteiger partial charge >= 0.3 is 0 Å². The lowest BCUT2D eigenvalue weighted by molar-refractivity contribution is -0.127. The Morgan fingerprint density at radius 1 is 1.27 bits per heavy atom. The third-order valence-electron chi connectivity index (χ3n) is 3.61. The highest BCUT2D eigenvalue weighted by molar-refractivity contribution is 5.77. The van der Waals surface area contributed by atoms with E-state index in [0.29, 0.717) is 6.54 Å². The predicted molar refractivity (Wildman–Crippen MR) is 60.5 cm³/mol. The first-order valence-electron chi connectivity index (χ1n) is 6.09. The van der Waals surface area contributed by atoms with Crippen molar-refractivity contribution < 1.29 is 4.79 Å². The summed E-state index contributed by atoms with van der Waals surface area (Å²) in [5, 5.41) is 3.32. The number of hydrogen-bond donors (Lipinski definition) is 1. The molecular weight excluding hydrogens is 188 g/mol. The van der Waals surface area contributed by atoms with Crippen LogP contribution >= 0.6 is 0 Å². The minimum absolute atomic E-state index is 0.181. The molecule has 0 aromatic rings. The average Bonchev–Trinajstić information content (AvgIpc) is 3.01. The quantitative estimate of drug-likeness (QED) is 0.712. The minimum Gasteiger partial charge on any atom is -0.348 e. The standard InChI is InChI=1S/C12H22N2O/c1-14(2)12(15)8-13-7-11(9-3-4-9)10-5-6-10/h9-11,13H,3-8H2,1-2H3. The number of rotatable bonds is 6. The van der Waals surface area contributed by atoms with Crippen LogP contribution in [0.2, 0.25) is 0 Å². The lowest BCUT2D eigenvalue weighted by Crippen LogP contribution is -2.36. The van der Waals surface area contributed by atoms with E-state index in [0.717, 1.165) is 24.3 Å². The number of hydrogen-bond acceptors (Lipinski definition) is 2. The number of carbonyl (C=O) groups is 1. The van der Waals surface area contributed by atoms with Gasteiger partial charge in [-0.1, -0.05) is 0 Å². The number of nitrogens with zero attached hydrogens (tertiary/aromatic N) is 1. The van der Waals surface area contributed by atoms with Crippen molar-refractivity contribution >= 4 is 5.91 Å². The molecular formula is C12H22N2O. The molecule has 2 aliphatic rings. The highest BCUT2D eigenvalue weighted by Crippen LogP contribution is 2.48. The molecule has 2 aliphatic carbocycles. The zero-order chi connectivity index (χ0) is 10.8. The third-order valence-corrected chi connectivity index (χ3v) is 3.61. The Morgan fingerprint density at radius 2 is 1.80 bits per heavy atom. The smallest absolute Gasteiger partial charge is 0.236 e. The number of carbonyl (C=O) groups excluding carboxylic acids is 1. The predicted octanol–water partition coefficient (Wildman–Crippen LogP) is 1.10. The number of likely N-dealkylation sites (N-methyl/N-ethyl adjacent to an activating group) is 1. The van der Waals surface area contributed by atoms with Gasteiger partial charge in [0.2, 0.25) is 5.91 Å². The van der Waals surface area contributed by atoms with Gasteiger partial charge in [0.1, 0.15) is 0 Å². The van der Waals surface area contributed by atoms with Crippen molar-refractivity contribution in [1.29, 1.82) is 0 Å². The van der Waals surface area contributed by atoms with Gasteiger partial charge in [0, 0.05) is 14.1 Å². The van der Waals surface area contributed by atoms with Crippen LogP contribution in [-0.4, -0.2) is 38.0 Å². The molecule has 0 bridgehead atoms. The average molecular weight is 210 g/mol. The van der Waals surface area contributed by atoms with Crippen molar-refractivity contribution in [3.63, 3.8) is 0 Å². The molecule has 3 heteroatoms. The van der Waals surface area contributed by atoms with Crippen molar-refractivity contribution in [2.75, 3.05) is 27.2 Å². The summed E-state index contributed by atoms with van der Waals surface area (Å²) in [5.74, 6) is 2.99. The Hall–Kier alpha value is -0.570. The zero-order valence-electron chi connectivity index (χ0n) is 9.83. The van der Waals surface area contributed by atoms with Gasteiger partial charge < -0.3 is 10.2 Å². The van der Waals surface area contributed by atoms with Crippen LogP contribution in [0, 0.1) is 17.8 Å². The molecule has 0 radical (unpaired) electrons. The molecule has 2 fully saturated rings. The molecule has 2 rings (SSSR count). The molecule has 86 valence electrons. The molecule has 0 unspecified atom stereocenters. The minimum atomic E-state index is 0.181. The second-order valence-corrected chi connectivity index (χ2v) is 5.26. The van der Waals surface area contributed by atoms with Crippen LogP contribution in [0.4, 0.5) is 0 Å². The second kappa shape index (κ2) is 4.52. The highest BCUT2D eigenvalue weighted by atomic mass is 16.2. The second-order valence-electron chi connectivity index (χ2n) is 5.26. The highest BCUT2D eigenvalue weighted by Gasteiger charge is 2.40. The van der Waals surface area contributed by atoms with Crippen LogP contribution in [0.1, 0.15) is 25.7 Å². The summed E-state index contributed by atoms with van der Waals surface area (Å²) >= 11 is 0. The van der Waals surface area contributed by atoms with Crippen molar-refractivity contribution in [3.8, 4) is 0 Å². The van der Waals surface area contributed by atoms with Crippen LogP contribution in [0.5, 0.6) is 0 Å². The molecule has 0 heterocycles. The molecule has 0 spiro atoms. The van der Waals surface area contributed by atoms with Gasteiger partial charge in [0.05, 0.1) is 6.54 Å². The molecule has 0 aliphatic heterocycles. The maximum absolute atomic E-state index is 11.4. The molecule has 0 atom stereocenters. The number of nitrogens with one attached hydrogen (secondary N) is 1. The van der Waals surface area contributed by atoms with Gasteiger partial charge in [-0.05, 0) is 50.0 Å². The molecule has 2 saturated carbocycles. The van der Waals surface area contributed by atoms with Crippen LogP contribution in [0.3, 0.4) is 0 Å². The summed E-state index contributed by atoms with van der Waals surface area (Å²) in [6, 6.07) is 0. The topological polar surface area (TPSA) is 32.3 Å². The van der Waals surface area contributed by atoms with E-state index in [1.165, 1.54) is 25.7 Å². The maximum atomic E-state index is 11.4. The van der Waals surface area contributed by atoms with Gasteiger partial charge in [-0.25, -0.2) is 0 Å². The molecule has 1 amide bonds. The Balaban J connectivity index is 1.65.